The quantitative estimate of drug-likeness (QED) is 0.563. The van der Waals surface area contributed by atoms with Gasteiger partial charge in [0, 0.05) is 29.9 Å². The first-order valence-electron chi connectivity index (χ1n) is 11.4. The number of likely N-dealkylation sites (tertiary alicyclic amines) is 1. The van der Waals surface area contributed by atoms with Crippen molar-refractivity contribution >= 4 is 23.8 Å². The minimum absolute atomic E-state index is 0.110. The van der Waals surface area contributed by atoms with Gasteiger partial charge in [-0.05, 0) is 68.7 Å². The summed E-state index contributed by atoms with van der Waals surface area (Å²) in [4.78, 5) is 31.1. The van der Waals surface area contributed by atoms with Crippen LogP contribution in [0, 0.1) is 11.3 Å². The number of H-pyrrole nitrogens is 1. The molecule has 0 saturated carbocycles. The van der Waals surface area contributed by atoms with Gasteiger partial charge in [0.15, 0.2) is 5.16 Å². The van der Waals surface area contributed by atoms with Crippen LogP contribution in [0.15, 0.2) is 35.7 Å². The summed E-state index contributed by atoms with van der Waals surface area (Å²) in [6, 6.07) is 6.73. The van der Waals surface area contributed by atoms with Crippen LogP contribution in [0.1, 0.15) is 64.2 Å². The second kappa shape index (κ2) is 10.6. The molecular formula is C24H35N5O3S. The first-order valence-corrected chi connectivity index (χ1v) is 12.4. The summed E-state index contributed by atoms with van der Waals surface area (Å²) in [5.74, 6) is 1.79. The Hall–Kier alpha value is -2.55. The minimum Gasteiger partial charge on any atom is -0.410 e. The summed E-state index contributed by atoms with van der Waals surface area (Å²) in [5, 5.41) is 10.6. The van der Waals surface area contributed by atoms with Gasteiger partial charge in [-0.3, -0.25) is 9.89 Å². The zero-order chi connectivity index (χ0) is 24.1. The zero-order valence-electron chi connectivity index (χ0n) is 20.2. The predicted octanol–water partition coefficient (Wildman–Crippen LogP) is 4.75. The number of aromatic nitrogens is 3. The number of thioether (sulfide) groups is 1. The average Bonchev–Trinajstić information content (AvgIpc) is 3.24. The van der Waals surface area contributed by atoms with E-state index < -0.39 is 0 Å². The van der Waals surface area contributed by atoms with Crippen molar-refractivity contribution in [2.45, 2.75) is 64.6 Å². The third-order valence-electron chi connectivity index (χ3n) is 5.47. The van der Waals surface area contributed by atoms with E-state index >= 15 is 0 Å². The third-order valence-corrected chi connectivity index (χ3v) is 6.58. The molecular weight excluding hydrogens is 438 g/mol. The van der Waals surface area contributed by atoms with Gasteiger partial charge in [-0.25, -0.2) is 9.78 Å². The fourth-order valence-corrected chi connectivity index (χ4v) is 5.30. The molecule has 0 aliphatic carbocycles. The number of ether oxygens (including phenoxy) is 1. The van der Waals surface area contributed by atoms with Gasteiger partial charge in [-0.15, -0.1) is 0 Å². The highest BCUT2D eigenvalue weighted by Crippen LogP contribution is 2.27. The van der Waals surface area contributed by atoms with Crippen LogP contribution >= 0.6 is 11.8 Å². The van der Waals surface area contributed by atoms with Crippen LogP contribution in [0.2, 0.25) is 0 Å². The first-order chi connectivity index (χ1) is 15.5. The maximum atomic E-state index is 12.6. The van der Waals surface area contributed by atoms with Crippen molar-refractivity contribution in [1.29, 1.82) is 0 Å². The Bertz CT molecular complexity index is 915. The number of piperidine rings is 1. The largest absolute Gasteiger partial charge is 0.415 e. The Labute approximate surface area is 200 Å². The topological polar surface area (TPSA) is 100 Å². The molecule has 2 N–H and O–H groups in total. The summed E-state index contributed by atoms with van der Waals surface area (Å²) in [6.45, 7) is 11.9. The molecule has 3 rings (SSSR count). The molecule has 0 unspecified atom stereocenters. The van der Waals surface area contributed by atoms with E-state index in [0.29, 0.717) is 30.3 Å². The Kier molecular flexibility index (Phi) is 8.05. The average molecular weight is 474 g/mol. The van der Waals surface area contributed by atoms with E-state index in [2.05, 4.69) is 41.3 Å². The number of benzene rings is 1. The summed E-state index contributed by atoms with van der Waals surface area (Å²) >= 11 is 1.66. The van der Waals surface area contributed by atoms with E-state index in [9.17, 15) is 9.59 Å². The molecule has 9 heteroatoms. The molecule has 180 valence electrons. The van der Waals surface area contributed by atoms with Crippen LogP contribution < -0.4 is 10.1 Å². The lowest BCUT2D eigenvalue weighted by molar-refractivity contribution is 0.0891. The van der Waals surface area contributed by atoms with Crippen LogP contribution in [0.4, 0.5) is 4.79 Å². The standard InChI is InChI=1S/C24H35N5O3S/c1-23(2,3)15-24(4,5)27-20(30)18-6-8-19(9-7-18)32-22(31)29-12-10-17(11-13-29)14-33-21-25-16-26-28-21/h6-9,16-17H,10-15H2,1-5H3,(H,27,30)(H,25,26,28). The van der Waals surface area contributed by atoms with Crippen LogP contribution in [0.3, 0.4) is 0 Å². The Morgan fingerprint density at radius 1 is 1.15 bits per heavy atom. The number of amides is 2. The molecule has 1 aromatic carbocycles. The smallest absolute Gasteiger partial charge is 0.410 e. The van der Waals surface area contributed by atoms with Gasteiger partial charge in [0.05, 0.1) is 0 Å². The van der Waals surface area contributed by atoms with Crippen molar-refractivity contribution in [1.82, 2.24) is 25.4 Å². The van der Waals surface area contributed by atoms with Crippen molar-refractivity contribution in [3.05, 3.63) is 36.2 Å². The molecule has 0 radical (unpaired) electrons. The number of rotatable bonds is 7. The number of carbonyl (C=O) groups is 2. The number of nitrogens with one attached hydrogen (secondary N) is 2. The highest BCUT2D eigenvalue weighted by atomic mass is 32.2. The molecule has 1 saturated heterocycles. The molecule has 1 aliphatic heterocycles. The molecule has 8 nitrogen and oxygen atoms in total. The molecule has 1 fully saturated rings. The van der Waals surface area contributed by atoms with Gasteiger partial charge < -0.3 is 15.0 Å². The summed E-state index contributed by atoms with van der Waals surface area (Å²) in [7, 11) is 0. The first kappa shape index (κ1) is 25.1. The Morgan fingerprint density at radius 3 is 2.39 bits per heavy atom. The maximum absolute atomic E-state index is 12.6. The van der Waals surface area contributed by atoms with Crippen molar-refractivity contribution in [3.8, 4) is 5.75 Å². The number of aromatic amines is 1. The van der Waals surface area contributed by atoms with Crippen molar-refractivity contribution in [3.63, 3.8) is 0 Å². The number of nitrogens with zero attached hydrogens (tertiary/aromatic N) is 3. The summed E-state index contributed by atoms with van der Waals surface area (Å²) < 4.78 is 5.54. The van der Waals surface area contributed by atoms with Gasteiger partial charge in [-0.2, -0.15) is 5.10 Å². The molecule has 2 aromatic rings. The minimum atomic E-state index is -0.347. The van der Waals surface area contributed by atoms with Crippen LogP contribution in [-0.4, -0.2) is 56.5 Å². The monoisotopic (exact) mass is 473 g/mol. The van der Waals surface area contributed by atoms with Gasteiger partial charge in [0.25, 0.3) is 5.91 Å². The van der Waals surface area contributed by atoms with Crippen molar-refractivity contribution < 1.29 is 14.3 Å². The Balaban J connectivity index is 1.45. The van der Waals surface area contributed by atoms with E-state index in [0.717, 1.165) is 30.2 Å². The summed E-state index contributed by atoms with van der Waals surface area (Å²) in [6.07, 6.45) is 3.88. The predicted molar refractivity (Wildman–Crippen MR) is 129 cm³/mol. The number of hydrogen-bond donors (Lipinski definition) is 2. The lowest BCUT2D eigenvalue weighted by atomic mass is 9.81. The fraction of sp³-hybridized carbons (Fsp3) is 0.583. The molecule has 0 bridgehead atoms. The summed E-state index contributed by atoms with van der Waals surface area (Å²) in [5.41, 5.74) is 0.334. The van der Waals surface area contributed by atoms with E-state index in [1.807, 2.05) is 13.8 Å². The second-order valence-corrected chi connectivity index (χ2v) is 11.5. The molecule has 1 aromatic heterocycles. The zero-order valence-corrected chi connectivity index (χ0v) is 21.0. The van der Waals surface area contributed by atoms with E-state index in [1.54, 1.807) is 40.9 Å². The van der Waals surface area contributed by atoms with Crippen LogP contribution in [0.25, 0.3) is 0 Å². The van der Waals surface area contributed by atoms with Crippen LogP contribution in [-0.2, 0) is 0 Å². The van der Waals surface area contributed by atoms with Gasteiger partial charge in [0.1, 0.15) is 12.1 Å². The molecule has 1 aliphatic rings. The van der Waals surface area contributed by atoms with E-state index in [1.165, 1.54) is 6.33 Å². The van der Waals surface area contributed by atoms with Gasteiger partial charge in [-0.1, -0.05) is 32.5 Å². The lowest BCUT2D eigenvalue weighted by Gasteiger charge is -2.33. The van der Waals surface area contributed by atoms with Gasteiger partial charge >= 0.3 is 6.09 Å². The molecule has 0 spiro atoms. The SMILES string of the molecule is CC(C)(C)CC(C)(C)NC(=O)c1ccc(OC(=O)N2CCC(CSc3ncn[nH]3)CC2)cc1. The molecule has 2 heterocycles. The normalized spacial score (nSPS) is 15.4. The molecule has 33 heavy (non-hydrogen) atoms. The number of hydrogen-bond acceptors (Lipinski definition) is 6. The second-order valence-electron chi connectivity index (χ2n) is 10.5. The van der Waals surface area contributed by atoms with Crippen LogP contribution in [0.5, 0.6) is 5.75 Å². The van der Waals surface area contributed by atoms with Crippen molar-refractivity contribution in [2.24, 2.45) is 11.3 Å². The highest BCUT2D eigenvalue weighted by molar-refractivity contribution is 7.99. The van der Waals surface area contributed by atoms with E-state index in [-0.39, 0.29) is 23.0 Å². The van der Waals surface area contributed by atoms with Gasteiger partial charge in [0.2, 0.25) is 0 Å². The molecule has 2 amide bonds. The third kappa shape index (κ3) is 8.07. The van der Waals surface area contributed by atoms with Crippen molar-refractivity contribution in [2.75, 3.05) is 18.8 Å². The lowest BCUT2D eigenvalue weighted by Crippen LogP contribution is -2.45. The Morgan fingerprint density at radius 2 is 1.82 bits per heavy atom. The van der Waals surface area contributed by atoms with E-state index in [4.69, 9.17) is 4.74 Å². The highest BCUT2D eigenvalue weighted by Gasteiger charge is 2.28. The fourth-order valence-electron chi connectivity index (χ4n) is 4.33. The number of carbonyl (C=O) groups excluding carboxylic acids is 2. The maximum Gasteiger partial charge on any atom is 0.415 e. The molecule has 0 atom stereocenters.